The Bertz CT molecular complexity index is 8480. The average Bonchev–Trinajstić information content (AvgIpc) is 0.718. The molecule has 8 heteroatoms. The highest BCUT2D eigenvalue weighted by Crippen LogP contribution is 2.55. The fourth-order valence-electron chi connectivity index (χ4n) is 20.9. The molecule has 24 aromatic carbocycles. The minimum absolute atomic E-state index is 0.316. The first-order valence-electron chi connectivity index (χ1n) is 49.0. The third-order valence-corrected chi connectivity index (χ3v) is 28.2. The second-order valence-electron chi connectivity index (χ2n) is 38.3. The Labute approximate surface area is 837 Å². The summed E-state index contributed by atoms with van der Waals surface area (Å²) in [4.78, 5) is 8.35. The Morgan fingerprint density at radius 3 is 0.549 bits per heavy atom. The van der Waals surface area contributed by atoms with Gasteiger partial charge in [0.25, 0.3) is 0 Å². The highest BCUT2D eigenvalue weighted by atomic mass is 19.1. The molecule has 0 atom stereocenters. The van der Waals surface area contributed by atoms with Crippen molar-refractivity contribution in [2.75, 3.05) is 19.6 Å². The van der Waals surface area contributed by atoms with Gasteiger partial charge in [-0.3, -0.25) is 0 Å². The predicted octanol–water partition coefficient (Wildman–Crippen LogP) is 39.4. The first-order chi connectivity index (χ1) is 70.3. The fourth-order valence-corrected chi connectivity index (χ4v) is 20.9. The zero-order valence-corrected chi connectivity index (χ0v) is 81.2. The van der Waals surface area contributed by atoms with E-state index >= 15 is 17.6 Å². The zero-order valence-electron chi connectivity index (χ0n) is 81.2. The van der Waals surface area contributed by atoms with Crippen LogP contribution in [0, 0.1) is 78.7 Å². The topological polar surface area (TPSA) is 13.0 Å². The Kier molecular flexibility index (Phi) is 23.7. The second-order valence-corrected chi connectivity index (χ2v) is 38.3. The van der Waals surface area contributed by atoms with Crippen molar-refractivity contribution in [2.45, 2.75) is 55.4 Å². The number of rotatable bonds is 20. The molecule has 0 radical (unpaired) electrons. The summed E-state index contributed by atoms with van der Waals surface area (Å²) >= 11 is 0. The molecular weight excluding hydrogens is 1770 g/mol. The van der Waals surface area contributed by atoms with Crippen LogP contribution in [-0.2, 0) is 0 Å². The molecule has 24 rings (SSSR count). The summed E-state index contributed by atoms with van der Waals surface area (Å²) in [6, 6.07) is 158. The van der Waals surface area contributed by atoms with Gasteiger partial charge in [0.2, 0.25) is 0 Å². The molecule has 0 aliphatic carbocycles. The van der Waals surface area contributed by atoms with Gasteiger partial charge in [0.15, 0.2) is 0 Å². The fraction of sp³-hybridized carbons (Fsp3) is 0.0588. The molecule has 0 aromatic heterocycles. The van der Waals surface area contributed by atoms with Gasteiger partial charge in [-0.2, -0.15) is 0 Å². The molecule has 0 spiro atoms. The summed E-state index contributed by atoms with van der Waals surface area (Å²) < 4.78 is 67.4. The van der Waals surface area contributed by atoms with Crippen LogP contribution in [0.5, 0.6) is 0 Å². The lowest BCUT2D eigenvalue weighted by molar-refractivity contribution is 0.627. The molecule has 24 aromatic rings. The van der Waals surface area contributed by atoms with Crippen molar-refractivity contribution in [2.24, 2.45) is 0 Å². The van der Waals surface area contributed by atoms with E-state index in [9.17, 15) is 0 Å². The molecule has 0 aliphatic heterocycles. The molecule has 144 heavy (non-hydrogen) atoms. The van der Waals surface area contributed by atoms with Gasteiger partial charge in [-0.05, 0) is 355 Å². The Balaban J connectivity index is 0.000000159. The maximum absolute atomic E-state index is 16.9. The largest absolute Gasteiger partial charge is 0.307 e. The predicted molar refractivity (Wildman–Crippen MR) is 600 cm³/mol. The molecule has 0 heterocycles. The molecule has 4 nitrogen and oxygen atoms in total. The van der Waals surface area contributed by atoms with Crippen molar-refractivity contribution in [3.8, 4) is 89.0 Å². The third kappa shape index (κ3) is 17.3. The quantitative estimate of drug-likeness (QED) is 0.0557. The van der Waals surface area contributed by atoms with Crippen molar-refractivity contribution >= 4 is 133 Å². The maximum Gasteiger partial charge on any atom is 0.147 e. The zero-order chi connectivity index (χ0) is 98.1. The van der Waals surface area contributed by atoms with Crippen LogP contribution in [0.25, 0.3) is 154 Å². The van der Waals surface area contributed by atoms with Crippen molar-refractivity contribution in [1.82, 2.24) is 0 Å². The lowest BCUT2D eigenvalue weighted by Crippen LogP contribution is -2.14. The second kappa shape index (κ2) is 37.8. The van der Waals surface area contributed by atoms with E-state index in [4.69, 9.17) is 0 Å². The van der Waals surface area contributed by atoms with Crippen LogP contribution in [0.2, 0.25) is 0 Å². The highest BCUT2D eigenvalue weighted by molar-refractivity contribution is 6.30. The van der Waals surface area contributed by atoms with E-state index in [1.165, 1.54) is 22.3 Å². The molecule has 0 saturated heterocycles. The summed E-state index contributed by atoms with van der Waals surface area (Å²) in [7, 11) is 0. The number of hydrogen-bond acceptors (Lipinski definition) is 4. The van der Waals surface area contributed by atoms with E-state index in [1.807, 2.05) is 100 Å². The van der Waals surface area contributed by atoms with E-state index in [0.29, 0.717) is 22.7 Å². The standard InChI is InChI=1S/2C68H50F2N2/c1-43-15-21-49(22-16-43)55-37-53(47-11-7-5-8-12-47)39-57(41-55)71(65-31-19-45(3)35-61(65)69)63-33-27-51-26-30-60-64(34-28-52-25-29-59(63)67(51)68(52)60)72(66-32-20-46(4)36-62(66)70)58-40-54(48-13-9-6-10-14-48)38-56(42-58)50-23-17-44(2)18-24-50;1-43-15-21-49(22-16-43)55-37-53(47-11-7-5-8-12-47)39-57(41-55)71(65-35-45(3)19-31-61(65)69)63-33-27-51-26-30-60-64(34-28-52-25-29-59(63)67(51)68(52)60)72(66-36-46(4)20-32-62(66)70)58-40-54(48-13-9-6-10-14-48)38-56(42-58)50-23-17-44(2)18-24-50/h2*5-42H,1-4H3. The molecule has 0 unspecified atom stereocenters. The lowest BCUT2D eigenvalue weighted by atomic mass is 9.91. The number of benzene rings is 24. The third-order valence-electron chi connectivity index (χ3n) is 28.2. The molecular formula is C136H100F4N4. The van der Waals surface area contributed by atoms with Crippen LogP contribution in [0.15, 0.2) is 461 Å². The van der Waals surface area contributed by atoms with E-state index in [2.05, 4.69) is 411 Å². The van der Waals surface area contributed by atoms with Crippen LogP contribution in [0.1, 0.15) is 44.5 Å². The number of nitrogens with zero attached hydrogens (tertiary/aromatic N) is 4. The molecule has 692 valence electrons. The highest BCUT2D eigenvalue weighted by Gasteiger charge is 2.31. The van der Waals surface area contributed by atoms with Gasteiger partial charge in [-0.25, -0.2) is 17.6 Å². The van der Waals surface area contributed by atoms with E-state index in [1.54, 1.807) is 24.3 Å². The summed E-state index contributed by atoms with van der Waals surface area (Å²) in [5, 5.41) is 12.2. The SMILES string of the molecule is Cc1ccc(-c2cc(-c3ccccc3)cc(N(c3cc(C)ccc3F)c3ccc4ccc5c(N(c6cc(-c7ccccc7)cc(-c7ccc(C)cc7)c6)c6cc(C)ccc6F)ccc6ccc3c4c65)c2)cc1.Cc1ccc(-c2cc(-c3ccccc3)cc(N(c3ccc(C)cc3F)c3ccc4ccc5c(N(c6cc(-c7ccccc7)cc(-c7ccc(C)cc7)c6)c6ccc(C)cc6F)ccc6ccc3c4c65)c2)cc1. The number of hydrogen-bond donors (Lipinski definition) is 0. The Morgan fingerprint density at radius 1 is 0.132 bits per heavy atom. The monoisotopic (exact) mass is 1860 g/mol. The van der Waals surface area contributed by atoms with Gasteiger partial charge in [0.1, 0.15) is 23.3 Å². The normalized spacial score (nSPS) is 11.5. The number of halogens is 4. The molecule has 0 aliphatic rings. The lowest BCUT2D eigenvalue weighted by Gasteiger charge is -2.30. The van der Waals surface area contributed by atoms with E-state index in [-0.39, 0.29) is 23.3 Å². The first kappa shape index (κ1) is 90.1. The molecule has 0 N–H and O–H groups in total. The van der Waals surface area contributed by atoms with Crippen molar-refractivity contribution in [1.29, 1.82) is 0 Å². The smallest absolute Gasteiger partial charge is 0.147 e. The van der Waals surface area contributed by atoms with Gasteiger partial charge in [0, 0.05) is 44.3 Å². The first-order valence-corrected chi connectivity index (χ1v) is 49.0. The summed E-state index contributed by atoms with van der Waals surface area (Å²) in [5.41, 5.74) is 33.5. The van der Waals surface area contributed by atoms with E-state index in [0.717, 1.165) is 221 Å². The van der Waals surface area contributed by atoms with Gasteiger partial charge >= 0.3 is 0 Å². The number of anilines is 12. The van der Waals surface area contributed by atoms with Crippen molar-refractivity contribution < 1.29 is 17.6 Å². The summed E-state index contributed by atoms with van der Waals surface area (Å²) in [6.45, 7) is 16.2. The van der Waals surface area contributed by atoms with Crippen LogP contribution in [0.4, 0.5) is 85.8 Å². The van der Waals surface area contributed by atoms with Crippen LogP contribution in [-0.4, -0.2) is 0 Å². The molecule has 0 saturated carbocycles. The van der Waals surface area contributed by atoms with Gasteiger partial charge in [-0.1, -0.05) is 338 Å². The maximum atomic E-state index is 16.9. The van der Waals surface area contributed by atoms with Crippen LogP contribution in [0.3, 0.4) is 0 Å². The van der Waals surface area contributed by atoms with Crippen LogP contribution >= 0.6 is 0 Å². The van der Waals surface area contributed by atoms with E-state index < -0.39 is 0 Å². The minimum Gasteiger partial charge on any atom is -0.307 e. The van der Waals surface area contributed by atoms with Crippen molar-refractivity contribution in [3.05, 3.63) is 529 Å². The molecule has 0 bridgehead atoms. The van der Waals surface area contributed by atoms with Crippen LogP contribution < -0.4 is 19.6 Å². The van der Waals surface area contributed by atoms with Gasteiger partial charge < -0.3 is 19.6 Å². The number of aryl methyl sites for hydroxylation is 8. The van der Waals surface area contributed by atoms with Crippen molar-refractivity contribution in [3.63, 3.8) is 0 Å². The Morgan fingerprint density at radius 2 is 0.319 bits per heavy atom. The molecule has 0 fully saturated rings. The minimum atomic E-state index is -0.325. The van der Waals surface area contributed by atoms with Gasteiger partial charge in [0.05, 0.1) is 45.5 Å². The van der Waals surface area contributed by atoms with Gasteiger partial charge in [-0.15, -0.1) is 0 Å². The molecule has 0 amide bonds. The summed E-state index contributed by atoms with van der Waals surface area (Å²) in [5.74, 6) is -1.28. The Hall–Kier alpha value is -17.7. The summed E-state index contributed by atoms with van der Waals surface area (Å²) in [6.07, 6.45) is 0. The average molecular weight is 1870 g/mol.